The molecule has 2 atom stereocenters. The smallest absolute Gasteiger partial charge is 0.127 e. The molecule has 2 aliphatic heterocycles. The summed E-state index contributed by atoms with van der Waals surface area (Å²) in [5.41, 5.74) is 0.00735. The third kappa shape index (κ3) is 2.73. The maximum atomic E-state index is 11.5. The van der Waals surface area contributed by atoms with Crippen molar-refractivity contribution in [3.05, 3.63) is 0 Å². The molecule has 19 heavy (non-hydrogen) atoms. The van der Waals surface area contributed by atoms with Crippen LogP contribution in [0.1, 0.15) is 44.9 Å². The number of piperidine rings is 2. The average Bonchev–Trinajstić information content (AvgIpc) is 2.88. The van der Waals surface area contributed by atoms with Crippen LogP contribution >= 0.6 is 0 Å². The Morgan fingerprint density at radius 1 is 1.16 bits per heavy atom. The van der Waals surface area contributed by atoms with Crippen molar-refractivity contribution in [1.82, 2.24) is 9.80 Å². The van der Waals surface area contributed by atoms with Crippen molar-refractivity contribution in [2.24, 2.45) is 11.3 Å². The van der Waals surface area contributed by atoms with Gasteiger partial charge >= 0.3 is 0 Å². The van der Waals surface area contributed by atoms with Crippen LogP contribution in [0.5, 0.6) is 0 Å². The highest BCUT2D eigenvalue weighted by molar-refractivity contribution is 5.60. The molecule has 2 heterocycles. The number of fused-ring (bicyclic) bond motifs is 1. The van der Waals surface area contributed by atoms with E-state index in [0.717, 1.165) is 31.3 Å². The van der Waals surface area contributed by atoms with Crippen LogP contribution in [-0.4, -0.2) is 55.4 Å². The monoisotopic (exact) mass is 264 g/mol. The van der Waals surface area contributed by atoms with E-state index in [1.54, 1.807) is 0 Å². The zero-order valence-electron chi connectivity index (χ0n) is 12.3. The van der Waals surface area contributed by atoms with Crippen LogP contribution < -0.4 is 0 Å². The van der Waals surface area contributed by atoms with E-state index in [1.165, 1.54) is 58.0 Å². The zero-order chi connectivity index (χ0) is 13.3. The maximum Gasteiger partial charge on any atom is 0.127 e. The molecule has 0 N–H and O–H groups in total. The predicted molar refractivity (Wildman–Crippen MR) is 77.2 cm³/mol. The Labute approximate surface area is 117 Å². The van der Waals surface area contributed by atoms with E-state index in [-0.39, 0.29) is 5.41 Å². The highest BCUT2D eigenvalue weighted by Gasteiger charge is 2.39. The van der Waals surface area contributed by atoms with E-state index in [2.05, 4.69) is 16.8 Å². The maximum absolute atomic E-state index is 11.5. The number of aldehydes is 1. The minimum Gasteiger partial charge on any atom is -0.303 e. The summed E-state index contributed by atoms with van der Waals surface area (Å²) in [6, 6.07) is 0.806. The second-order valence-electron chi connectivity index (χ2n) is 7.16. The minimum atomic E-state index is 0.00735. The minimum absolute atomic E-state index is 0.00735. The van der Waals surface area contributed by atoms with Gasteiger partial charge in [-0.2, -0.15) is 0 Å². The van der Waals surface area contributed by atoms with Crippen LogP contribution in [0.25, 0.3) is 0 Å². The van der Waals surface area contributed by atoms with Gasteiger partial charge in [0.1, 0.15) is 6.29 Å². The fourth-order valence-corrected chi connectivity index (χ4v) is 4.71. The Morgan fingerprint density at radius 2 is 1.95 bits per heavy atom. The van der Waals surface area contributed by atoms with E-state index in [0.29, 0.717) is 0 Å². The molecule has 0 aromatic rings. The molecule has 3 fully saturated rings. The number of carbonyl (C=O) groups excluding carboxylic acids is 1. The van der Waals surface area contributed by atoms with Crippen molar-refractivity contribution < 1.29 is 4.79 Å². The lowest BCUT2D eigenvalue weighted by molar-refractivity contribution is -0.117. The van der Waals surface area contributed by atoms with Gasteiger partial charge in [-0.05, 0) is 58.2 Å². The molecule has 1 aliphatic carbocycles. The number of hydrogen-bond donors (Lipinski definition) is 0. The van der Waals surface area contributed by atoms with Crippen molar-refractivity contribution in [3.63, 3.8) is 0 Å². The first-order valence-corrected chi connectivity index (χ1v) is 8.11. The molecule has 0 spiro atoms. The molecule has 3 aliphatic rings. The van der Waals surface area contributed by atoms with Crippen molar-refractivity contribution in [2.75, 3.05) is 33.2 Å². The van der Waals surface area contributed by atoms with Gasteiger partial charge in [0.15, 0.2) is 0 Å². The van der Waals surface area contributed by atoms with Gasteiger partial charge in [-0.3, -0.25) is 0 Å². The molecule has 108 valence electrons. The number of carbonyl (C=O) groups is 1. The summed E-state index contributed by atoms with van der Waals surface area (Å²) in [4.78, 5) is 16.7. The lowest BCUT2D eigenvalue weighted by Gasteiger charge is -2.47. The summed E-state index contributed by atoms with van der Waals surface area (Å²) in [5, 5.41) is 0. The summed E-state index contributed by atoms with van der Waals surface area (Å²) in [5.74, 6) is 0.845. The van der Waals surface area contributed by atoms with E-state index >= 15 is 0 Å². The molecule has 2 saturated heterocycles. The first kappa shape index (κ1) is 13.6. The van der Waals surface area contributed by atoms with Crippen molar-refractivity contribution in [2.45, 2.75) is 51.0 Å². The topological polar surface area (TPSA) is 23.6 Å². The van der Waals surface area contributed by atoms with Gasteiger partial charge in [0.05, 0.1) is 0 Å². The highest BCUT2D eigenvalue weighted by Crippen LogP contribution is 2.38. The summed E-state index contributed by atoms with van der Waals surface area (Å²) < 4.78 is 0. The molecule has 1 saturated carbocycles. The molecule has 2 unspecified atom stereocenters. The van der Waals surface area contributed by atoms with Gasteiger partial charge in [0.2, 0.25) is 0 Å². The first-order valence-electron chi connectivity index (χ1n) is 8.11. The molecular formula is C16H28N2O. The largest absolute Gasteiger partial charge is 0.303 e. The Morgan fingerprint density at radius 3 is 2.68 bits per heavy atom. The normalized spacial score (nSPS) is 36.1. The van der Waals surface area contributed by atoms with E-state index < -0.39 is 0 Å². The Balaban J connectivity index is 1.60. The molecule has 0 bridgehead atoms. The average molecular weight is 264 g/mol. The van der Waals surface area contributed by atoms with Crippen LogP contribution in [0.2, 0.25) is 0 Å². The lowest BCUT2D eigenvalue weighted by atomic mass is 9.82. The molecule has 3 rings (SSSR count). The van der Waals surface area contributed by atoms with Gasteiger partial charge in [-0.25, -0.2) is 0 Å². The van der Waals surface area contributed by atoms with E-state index in [4.69, 9.17) is 0 Å². The third-order valence-corrected chi connectivity index (χ3v) is 5.82. The van der Waals surface area contributed by atoms with Crippen LogP contribution in [-0.2, 0) is 4.79 Å². The Hall–Kier alpha value is -0.410. The number of likely N-dealkylation sites (tertiary alicyclic amines) is 2. The van der Waals surface area contributed by atoms with Gasteiger partial charge in [0, 0.05) is 24.5 Å². The molecule has 0 radical (unpaired) electrons. The lowest BCUT2D eigenvalue weighted by Crippen LogP contribution is -2.54. The second-order valence-corrected chi connectivity index (χ2v) is 7.16. The quantitative estimate of drug-likeness (QED) is 0.730. The summed E-state index contributed by atoms with van der Waals surface area (Å²) >= 11 is 0. The van der Waals surface area contributed by atoms with Crippen molar-refractivity contribution >= 4 is 6.29 Å². The SMILES string of the molecule is CN1CCCC2CN(CC3(C=O)CCCC3)CCC21. The fraction of sp³-hybridized carbons (Fsp3) is 0.938. The van der Waals surface area contributed by atoms with Gasteiger partial charge in [-0.15, -0.1) is 0 Å². The zero-order valence-corrected chi connectivity index (χ0v) is 12.3. The fourth-order valence-electron chi connectivity index (χ4n) is 4.71. The molecule has 0 aromatic heterocycles. The second kappa shape index (κ2) is 5.53. The van der Waals surface area contributed by atoms with Gasteiger partial charge < -0.3 is 14.6 Å². The highest BCUT2D eigenvalue weighted by atomic mass is 16.1. The Kier molecular flexibility index (Phi) is 3.95. The summed E-state index contributed by atoms with van der Waals surface area (Å²) in [7, 11) is 2.29. The number of nitrogens with zero attached hydrogens (tertiary/aromatic N) is 2. The Bertz CT molecular complexity index is 325. The van der Waals surface area contributed by atoms with Gasteiger partial charge in [0.25, 0.3) is 0 Å². The van der Waals surface area contributed by atoms with E-state index in [9.17, 15) is 4.79 Å². The van der Waals surface area contributed by atoms with Crippen LogP contribution in [0.3, 0.4) is 0 Å². The predicted octanol–water partition coefficient (Wildman–Crippen LogP) is 2.16. The third-order valence-electron chi connectivity index (χ3n) is 5.82. The van der Waals surface area contributed by atoms with E-state index in [1.807, 2.05) is 0 Å². The summed E-state index contributed by atoms with van der Waals surface area (Å²) in [6.45, 7) is 4.73. The molecular weight excluding hydrogens is 236 g/mol. The molecule has 0 aromatic carbocycles. The number of rotatable bonds is 3. The number of hydrogen-bond acceptors (Lipinski definition) is 3. The molecule has 3 nitrogen and oxygen atoms in total. The first-order chi connectivity index (χ1) is 9.22. The van der Waals surface area contributed by atoms with Gasteiger partial charge in [-0.1, -0.05) is 12.8 Å². The van der Waals surface area contributed by atoms with Crippen molar-refractivity contribution in [3.8, 4) is 0 Å². The molecule has 3 heteroatoms. The molecule has 0 amide bonds. The van der Waals surface area contributed by atoms with Crippen molar-refractivity contribution in [1.29, 1.82) is 0 Å². The standard InChI is InChI=1S/C16H28N2O/c1-17-9-4-5-14-11-18(10-6-15(14)17)12-16(13-19)7-2-3-8-16/h13-15H,2-12H2,1H3. The summed E-state index contributed by atoms with van der Waals surface area (Å²) in [6.07, 6.45) is 10.1. The van der Waals surface area contributed by atoms with Crippen LogP contribution in [0.4, 0.5) is 0 Å². The van der Waals surface area contributed by atoms with Crippen LogP contribution in [0, 0.1) is 11.3 Å². The van der Waals surface area contributed by atoms with Crippen LogP contribution in [0.15, 0.2) is 0 Å².